The highest BCUT2D eigenvalue weighted by Gasteiger charge is 2.22. The number of halogens is 2. The average molecular weight is 365 g/mol. The molecule has 1 fully saturated rings. The van der Waals surface area contributed by atoms with Crippen molar-refractivity contribution in [3.8, 4) is 0 Å². The molecule has 0 spiro atoms. The van der Waals surface area contributed by atoms with Crippen molar-refractivity contribution in [1.82, 2.24) is 4.90 Å². The zero-order chi connectivity index (χ0) is 16.9. The maximum Gasteiger partial charge on any atom is 0.173 e. The first kappa shape index (κ1) is 17.1. The topological polar surface area (TPSA) is 19.7 Å². The minimum Gasteiger partial charge on any atom is -0.338 e. The lowest BCUT2D eigenvalue weighted by molar-refractivity contribution is -0.917. The number of hydrogen-bond acceptors (Lipinski definition) is 1. The molecule has 2 aromatic rings. The van der Waals surface area contributed by atoms with Gasteiger partial charge in [0, 0.05) is 16.3 Å². The second kappa shape index (κ2) is 7.92. The van der Waals surface area contributed by atoms with Crippen molar-refractivity contribution in [3.63, 3.8) is 0 Å². The van der Waals surface area contributed by atoms with E-state index in [9.17, 15) is 4.39 Å². The Morgan fingerprint density at radius 3 is 2.46 bits per heavy atom. The number of rotatable bonds is 3. The summed E-state index contributed by atoms with van der Waals surface area (Å²) in [4.78, 5) is 3.54. The van der Waals surface area contributed by atoms with Crippen LogP contribution < -0.4 is 10.2 Å². The first-order chi connectivity index (χ1) is 11.6. The van der Waals surface area contributed by atoms with Gasteiger partial charge in [0.2, 0.25) is 0 Å². The quantitative estimate of drug-likeness (QED) is 0.817. The molecule has 126 valence electrons. The molecule has 2 aromatic carbocycles. The van der Waals surface area contributed by atoms with E-state index in [1.165, 1.54) is 11.0 Å². The van der Waals surface area contributed by atoms with Crippen molar-refractivity contribution in [2.24, 2.45) is 0 Å². The molecule has 24 heavy (non-hydrogen) atoms. The fraction of sp³-hybridized carbons (Fsp3) is 0.278. The highest BCUT2D eigenvalue weighted by atomic mass is 35.5. The zero-order valence-electron chi connectivity index (χ0n) is 13.3. The molecule has 3 nitrogen and oxygen atoms in total. The molecule has 0 aliphatic carbocycles. The maximum atomic E-state index is 13.8. The predicted molar refractivity (Wildman–Crippen MR) is 100 cm³/mol. The third-order valence-corrected chi connectivity index (χ3v) is 4.86. The van der Waals surface area contributed by atoms with Gasteiger partial charge in [-0.25, -0.2) is 4.39 Å². The molecular formula is C18H20ClFN3S+. The van der Waals surface area contributed by atoms with Crippen LogP contribution in [0.2, 0.25) is 5.02 Å². The van der Waals surface area contributed by atoms with Gasteiger partial charge in [0.25, 0.3) is 0 Å². The Labute approximate surface area is 152 Å². The second-order valence-corrected chi connectivity index (χ2v) is 6.77. The van der Waals surface area contributed by atoms with Crippen LogP contribution in [0.5, 0.6) is 0 Å². The van der Waals surface area contributed by atoms with E-state index in [0.717, 1.165) is 49.1 Å². The molecule has 0 radical (unpaired) electrons. The van der Waals surface area contributed by atoms with Gasteiger partial charge >= 0.3 is 0 Å². The number of hydrogen-bond donors (Lipinski definition) is 2. The van der Waals surface area contributed by atoms with Crippen LogP contribution >= 0.6 is 23.8 Å². The molecule has 2 N–H and O–H groups in total. The monoisotopic (exact) mass is 364 g/mol. The molecule has 0 unspecified atom stereocenters. The van der Waals surface area contributed by atoms with Crippen LogP contribution in [0.1, 0.15) is 5.56 Å². The van der Waals surface area contributed by atoms with Gasteiger partial charge in [-0.3, -0.25) is 0 Å². The third-order valence-electron chi connectivity index (χ3n) is 4.25. The summed E-state index contributed by atoms with van der Waals surface area (Å²) in [6, 6.07) is 14.5. The summed E-state index contributed by atoms with van der Waals surface area (Å²) in [6.45, 7) is 4.33. The number of anilines is 1. The SMILES string of the molecule is Fc1ccccc1C[NH+]1CCN(C(=S)Nc2ccc(Cl)cc2)CC1. The fourth-order valence-electron chi connectivity index (χ4n) is 2.85. The van der Waals surface area contributed by atoms with Crippen molar-refractivity contribution < 1.29 is 9.29 Å². The summed E-state index contributed by atoms with van der Waals surface area (Å²) >= 11 is 11.4. The van der Waals surface area contributed by atoms with Gasteiger partial charge in [-0.1, -0.05) is 29.8 Å². The van der Waals surface area contributed by atoms with E-state index in [4.69, 9.17) is 23.8 Å². The number of thiocarbonyl (C=S) groups is 1. The van der Waals surface area contributed by atoms with E-state index in [2.05, 4.69) is 10.2 Å². The molecule has 1 saturated heterocycles. The number of nitrogens with zero attached hydrogens (tertiary/aromatic N) is 1. The van der Waals surface area contributed by atoms with Gasteiger partial charge in [-0.05, 0) is 42.5 Å². The number of benzene rings is 2. The van der Waals surface area contributed by atoms with Crippen LogP contribution in [0.4, 0.5) is 10.1 Å². The predicted octanol–water partition coefficient (Wildman–Crippen LogP) is 2.58. The molecule has 0 atom stereocenters. The maximum absolute atomic E-state index is 13.8. The van der Waals surface area contributed by atoms with Gasteiger partial charge in [-0.15, -0.1) is 0 Å². The minimum absolute atomic E-state index is 0.118. The van der Waals surface area contributed by atoms with Crippen LogP contribution in [0.15, 0.2) is 48.5 Å². The summed E-state index contributed by atoms with van der Waals surface area (Å²) in [5.74, 6) is -0.118. The lowest BCUT2D eigenvalue weighted by Crippen LogP contribution is -3.13. The lowest BCUT2D eigenvalue weighted by Gasteiger charge is -2.34. The zero-order valence-corrected chi connectivity index (χ0v) is 14.8. The Hall–Kier alpha value is -1.69. The molecule has 1 aliphatic rings. The molecule has 0 aromatic heterocycles. The van der Waals surface area contributed by atoms with Crippen LogP contribution in [-0.2, 0) is 6.54 Å². The number of nitrogens with one attached hydrogen (secondary N) is 2. The van der Waals surface area contributed by atoms with Crippen LogP contribution in [0, 0.1) is 5.82 Å². The summed E-state index contributed by atoms with van der Waals surface area (Å²) in [6.07, 6.45) is 0. The van der Waals surface area contributed by atoms with Crippen molar-refractivity contribution in [1.29, 1.82) is 0 Å². The smallest absolute Gasteiger partial charge is 0.173 e. The average Bonchev–Trinajstić information content (AvgIpc) is 2.59. The van der Waals surface area contributed by atoms with Crippen molar-refractivity contribution in [2.45, 2.75) is 6.54 Å². The minimum atomic E-state index is -0.118. The number of quaternary nitrogens is 1. The Morgan fingerprint density at radius 1 is 1.12 bits per heavy atom. The third kappa shape index (κ3) is 4.44. The molecule has 0 amide bonds. The molecule has 3 rings (SSSR count). The van der Waals surface area contributed by atoms with Crippen molar-refractivity contribution in [2.75, 3.05) is 31.5 Å². The van der Waals surface area contributed by atoms with Gasteiger partial charge in [-0.2, -0.15) is 0 Å². The van der Waals surface area contributed by atoms with Gasteiger partial charge < -0.3 is 15.1 Å². The molecule has 0 bridgehead atoms. The first-order valence-electron chi connectivity index (χ1n) is 8.00. The summed E-state index contributed by atoms with van der Waals surface area (Å²) in [5.41, 5.74) is 1.72. The van der Waals surface area contributed by atoms with Crippen LogP contribution in [0.25, 0.3) is 0 Å². The van der Waals surface area contributed by atoms with E-state index in [1.54, 1.807) is 6.07 Å². The normalized spacial score (nSPS) is 15.3. The molecule has 6 heteroatoms. The Kier molecular flexibility index (Phi) is 5.66. The second-order valence-electron chi connectivity index (χ2n) is 5.94. The molecular weight excluding hydrogens is 345 g/mol. The largest absolute Gasteiger partial charge is 0.338 e. The van der Waals surface area contributed by atoms with E-state index < -0.39 is 0 Å². The van der Waals surface area contributed by atoms with Crippen molar-refractivity contribution in [3.05, 3.63) is 64.9 Å². The fourth-order valence-corrected chi connectivity index (χ4v) is 3.28. The number of piperazine rings is 1. The summed E-state index contributed by atoms with van der Waals surface area (Å²) in [5, 5.41) is 4.67. The Bertz CT molecular complexity index is 700. The Balaban J connectivity index is 1.50. The highest BCUT2D eigenvalue weighted by Crippen LogP contribution is 2.14. The molecule has 1 heterocycles. The van der Waals surface area contributed by atoms with Gasteiger partial charge in [0.1, 0.15) is 12.4 Å². The van der Waals surface area contributed by atoms with Crippen molar-refractivity contribution >= 4 is 34.6 Å². The first-order valence-corrected chi connectivity index (χ1v) is 8.79. The molecule has 0 saturated carbocycles. The van der Waals surface area contributed by atoms with Gasteiger partial charge in [0.05, 0.1) is 26.2 Å². The summed E-state index contributed by atoms with van der Waals surface area (Å²) < 4.78 is 13.8. The Morgan fingerprint density at radius 2 is 1.79 bits per heavy atom. The van der Waals surface area contributed by atoms with Crippen LogP contribution in [-0.4, -0.2) is 36.2 Å². The van der Waals surface area contributed by atoms with E-state index in [-0.39, 0.29) is 5.82 Å². The van der Waals surface area contributed by atoms with Gasteiger partial charge in [0.15, 0.2) is 5.11 Å². The molecule has 1 aliphatic heterocycles. The van der Waals surface area contributed by atoms with Crippen LogP contribution in [0.3, 0.4) is 0 Å². The highest BCUT2D eigenvalue weighted by molar-refractivity contribution is 7.80. The standard InChI is InChI=1S/C18H19ClFN3S/c19-15-5-7-16(8-6-15)21-18(24)23-11-9-22(10-12-23)13-14-3-1-2-4-17(14)20/h1-8H,9-13H2,(H,21,24)/p+1. The lowest BCUT2D eigenvalue weighted by atomic mass is 10.2. The summed E-state index contributed by atoms with van der Waals surface area (Å²) in [7, 11) is 0. The van der Waals surface area contributed by atoms with E-state index in [1.807, 2.05) is 36.4 Å². The van der Waals surface area contributed by atoms with E-state index >= 15 is 0 Å². The van der Waals surface area contributed by atoms with E-state index in [0.29, 0.717) is 5.02 Å².